The maximum atomic E-state index is 13.0. The van der Waals surface area contributed by atoms with Crippen LogP contribution in [0.15, 0.2) is 0 Å². The molecule has 0 spiro atoms. The van der Waals surface area contributed by atoms with Crippen molar-refractivity contribution in [3.05, 3.63) is 0 Å². The molecule has 1 rings (SSSR count). The smallest absolute Gasteiger partial charge is 0.394 e. The second-order valence-corrected chi connectivity index (χ2v) is 17.5. The topological polar surface area (TPSA) is 212 Å². The van der Waals surface area contributed by atoms with Crippen LogP contribution in [0.4, 0.5) is 0 Å². The molecule has 0 aromatic heterocycles. The highest BCUT2D eigenvalue weighted by atomic mass is 32.3. The minimum atomic E-state index is -5.10. The van der Waals surface area contributed by atoms with E-state index in [4.69, 9.17) is 14.0 Å². The molecule has 340 valence electrons. The van der Waals surface area contributed by atoms with Crippen LogP contribution in [0.3, 0.4) is 0 Å². The minimum Gasteiger partial charge on any atom is -0.394 e. The summed E-state index contributed by atoms with van der Waals surface area (Å²) < 4.78 is 47.5. The molecule has 1 fully saturated rings. The highest BCUT2D eigenvalue weighted by Gasteiger charge is 2.48. The second kappa shape index (κ2) is 34.7. The molecule has 8 atom stereocenters. The number of unbranched alkanes of at least 4 members (excludes halogenated alkanes) is 26. The molecular formula is C43H85NO12S. The fraction of sp³-hybridized carbons (Fsp3) is 0.977. The lowest BCUT2D eigenvalue weighted by Crippen LogP contribution is -2.61. The van der Waals surface area contributed by atoms with Crippen molar-refractivity contribution in [1.29, 1.82) is 0 Å². The van der Waals surface area contributed by atoms with Gasteiger partial charge < -0.3 is 40.3 Å². The Hall–Kier alpha value is -0.940. The van der Waals surface area contributed by atoms with Crippen LogP contribution in [0.5, 0.6) is 0 Å². The van der Waals surface area contributed by atoms with E-state index in [1.165, 1.54) is 128 Å². The van der Waals surface area contributed by atoms with Gasteiger partial charge in [-0.2, -0.15) is 8.42 Å². The monoisotopic (exact) mass is 840 g/mol. The Balaban J connectivity index is 2.49. The SMILES string of the molecule is CCCCCCCCCCCCCCCCCCCCCCC(O)C(COC1OC(CO)C(O)C(OS(=O)(=O)O)C1O)NC(=O)C(O)CCCCCCCCCC. The first-order chi connectivity index (χ1) is 27.4. The van der Waals surface area contributed by atoms with Crippen LogP contribution in [-0.2, 0) is 28.9 Å². The van der Waals surface area contributed by atoms with E-state index < -0.39 is 78.5 Å². The Morgan fingerprint density at radius 3 is 1.40 bits per heavy atom. The van der Waals surface area contributed by atoms with E-state index in [1.807, 2.05) is 0 Å². The van der Waals surface area contributed by atoms with E-state index in [9.17, 15) is 38.7 Å². The van der Waals surface area contributed by atoms with E-state index >= 15 is 0 Å². The average molecular weight is 840 g/mol. The van der Waals surface area contributed by atoms with Gasteiger partial charge >= 0.3 is 10.4 Å². The molecule has 0 radical (unpaired) electrons. The third-order valence-corrected chi connectivity index (χ3v) is 11.7. The van der Waals surface area contributed by atoms with Crippen molar-refractivity contribution in [2.24, 2.45) is 0 Å². The van der Waals surface area contributed by atoms with Crippen molar-refractivity contribution in [3.63, 3.8) is 0 Å². The first kappa shape index (κ1) is 54.1. The molecule has 13 nitrogen and oxygen atoms in total. The summed E-state index contributed by atoms with van der Waals surface area (Å²) in [5.74, 6) is -0.671. The third kappa shape index (κ3) is 27.5. The Bertz CT molecular complexity index is 1050. The van der Waals surface area contributed by atoms with Gasteiger partial charge in [-0.3, -0.25) is 9.35 Å². The van der Waals surface area contributed by atoms with Gasteiger partial charge in [0, 0.05) is 0 Å². The van der Waals surface area contributed by atoms with Gasteiger partial charge in [-0.25, -0.2) is 4.18 Å². The standard InChI is InChI=1S/C43H85NO12S/c1-3-5-7-9-11-13-14-15-16-17-18-19-20-21-22-23-24-26-27-29-31-36(46)35(44-42(50)37(47)32-30-28-25-12-10-8-6-4-2)34-54-43-40(49)41(56-57(51,52)53)39(48)38(33-45)55-43/h35-41,43,45-49H,3-34H2,1-2H3,(H,44,50)(H,51,52,53). The Kier molecular flexibility index (Phi) is 33.0. The van der Waals surface area contributed by atoms with E-state index in [2.05, 4.69) is 23.3 Å². The number of rotatable bonds is 39. The van der Waals surface area contributed by atoms with Gasteiger partial charge in [0.25, 0.3) is 0 Å². The fourth-order valence-electron chi connectivity index (χ4n) is 7.58. The summed E-state index contributed by atoms with van der Waals surface area (Å²) in [5, 5.41) is 55.2. The fourth-order valence-corrected chi connectivity index (χ4v) is 8.09. The predicted molar refractivity (Wildman–Crippen MR) is 224 cm³/mol. The number of hydrogen-bond donors (Lipinski definition) is 7. The van der Waals surface area contributed by atoms with Gasteiger partial charge in [0.2, 0.25) is 5.91 Å². The lowest BCUT2D eigenvalue weighted by atomic mass is 9.99. The van der Waals surface area contributed by atoms with Crippen molar-refractivity contribution in [2.75, 3.05) is 13.2 Å². The highest BCUT2D eigenvalue weighted by Crippen LogP contribution is 2.26. The summed E-state index contributed by atoms with van der Waals surface area (Å²) in [6.45, 7) is 3.24. The first-order valence-electron chi connectivity index (χ1n) is 23.0. The van der Waals surface area contributed by atoms with Gasteiger partial charge in [-0.1, -0.05) is 194 Å². The summed E-state index contributed by atoms with van der Waals surface area (Å²) in [7, 11) is -5.10. The van der Waals surface area contributed by atoms with Crippen LogP contribution in [0.1, 0.15) is 206 Å². The van der Waals surface area contributed by atoms with Gasteiger partial charge in [0.05, 0.1) is 25.4 Å². The Morgan fingerprint density at radius 2 is 1.02 bits per heavy atom. The Morgan fingerprint density at radius 1 is 0.632 bits per heavy atom. The predicted octanol–water partition coefficient (Wildman–Crippen LogP) is 7.58. The summed E-state index contributed by atoms with van der Waals surface area (Å²) in [4.78, 5) is 13.0. The molecular weight excluding hydrogens is 755 g/mol. The molecule has 0 aliphatic carbocycles. The third-order valence-electron chi connectivity index (χ3n) is 11.3. The molecule has 0 aromatic rings. The van der Waals surface area contributed by atoms with Crippen LogP contribution in [0, 0.1) is 0 Å². The maximum absolute atomic E-state index is 13.0. The molecule has 0 aromatic carbocycles. The number of aliphatic hydroxyl groups excluding tert-OH is 5. The number of carbonyl (C=O) groups is 1. The number of aliphatic hydroxyl groups is 5. The van der Waals surface area contributed by atoms with Crippen molar-refractivity contribution >= 4 is 16.3 Å². The van der Waals surface area contributed by atoms with E-state index in [-0.39, 0.29) is 6.42 Å². The summed E-state index contributed by atoms with van der Waals surface area (Å²) in [5.41, 5.74) is 0. The molecule has 0 bridgehead atoms. The van der Waals surface area contributed by atoms with Crippen LogP contribution in [0.25, 0.3) is 0 Å². The van der Waals surface area contributed by atoms with Gasteiger partial charge in [-0.15, -0.1) is 0 Å². The molecule has 7 N–H and O–H groups in total. The zero-order chi connectivity index (χ0) is 42.2. The average Bonchev–Trinajstić information content (AvgIpc) is 3.18. The van der Waals surface area contributed by atoms with E-state index in [0.717, 1.165) is 38.5 Å². The number of hydrogen-bond acceptors (Lipinski definition) is 11. The van der Waals surface area contributed by atoms with Crippen LogP contribution >= 0.6 is 0 Å². The van der Waals surface area contributed by atoms with Crippen molar-refractivity contribution in [2.45, 2.75) is 255 Å². The van der Waals surface area contributed by atoms with Crippen LogP contribution in [-0.4, -0.2) is 107 Å². The van der Waals surface area contributed by atoms with Crippen molar-refractivity contribution < 1.29 is 57.0 Å². The molecule has 1 heterocycles. The first-order valence-corrected chi connectivity index (χ1v) is 24.4. The summed E-state index contributed by atoms with van der Waals surface area (Å²) in [6.07, 6.45) is 23.2. The van der Waals surface area contributed by atoms with E-state index in [1.54, 1.807) is 0 Å². The molecule has 8 unspecified atom stereocenters. The van der Waals surface area contributed by atoms with Gasteiger partial charge in [0.15, 0.2) is 6.29 Å². The minimum absolute atomic E-state index is 0.263. The number of ether oxygens (including phenoxy) is 2. The largest absolute Gasteiger partial charge is 0.397 e. The number of amides is 1. The molecule has 1 saturated heterocycles. The molecule has 0 saturated carbocycles. The number of nitrogens with one attached hydrogen (secondary N) is 1. The summed E-state index contributed by atoms with van der Waals surface area (Å²) in [6, 6.07) is -1.03. The zero-order valence-electron chi connectivity index (χ0n) is 35.8. The zero-order valence-corrected chi connectivity index (χ0v) is 36.6. The van der Waals surface area contributed by atoms with Gasteiger partial charge in [-0.05, 0) is 12.8 Å². The highest BCUT2D eigenvalue weighted by molar-refractivity contribution is 7.80. The summed E-state index contributed by atoms with van der Waals surface area (Å²) >= 11 is 0. The van der Waals surface area contributed by atoms with Gasteiger partial charge in [0.1, 0.15) is 30.5 Å². The lowest BCUT2D eigenvalue weighted by Gasteiger charge is -2.41. The van der Waals surface area contributed by atoms with Crippen molar-refractivity contribution in [3.8, 4) is 0 Å². The molecule has 14 heteroatoms. The normalized spacial score (nSPS) is 21.7. The quantitative estimate of drug-likeness (QED) is 0.0236. The molecule has 1 aliphatic heterocycles. The van der Waals surface area contributed by atoms with Crippen LogP contribution < -0.4 is 5.32 Å². The Labute approximate surface area is 346 Å². The van der Waals surface area contributed by atoms with Crippen molar-refractivity contribution in [1.82, 2.24) is 5.32 Å². The lowest BCUT2D eigenvalue weighted by molar-refractivity contribution is -0.298. The molecule has 1 amide bonds. The van der Waals surface area contributed by atoms with Crippen LogP contribution in [0.2, 0.25) is 0 Å². The molecule has 1 aliphatic rings. The number of carbonyl (C=O) groups excluding carboxylic acids is 1. The molecule has 57 heavy (non-hydrogen) atoms. The maximum Gasteiger partial charge on any atom is 0.397 e. The van der Waals surface area contributed by atoms with E-state index in [0.29, 0.717) is 19.3 Å². The second-order valence-electron chi connectivity index (χ2n) is 16.5.